The third-order valence-corrected chi connectivity index (χ3v) is 3.46. The summed E-state index contributed by atoms with van der Waals surface area (Å²) in [6.07, 6.45) is 1.64. The van der Waals surface area contributed by atoms with E-state index in [9.17, 15) is 9.59 Å². The second kappa shape index (κ2) is 5.09. The van der Waals surface area contributed by atoms with Gasteiger partial charge in [-0.15, -0.1) is 5.10 Å². The Morgan fingerprint density at radius 1 is 1.50 bits per heavy atom. The van der Waals surface area contributed by atoms with Crippen molar-refractivity contribution in [3.05, 3.63) is 34.9 Å². The molecule has 1 amide bonds. The van der Waals surface area contributed by atoms with E-state index in [1.54, 1.807) is 29.3 Å². The predicted molar refractivity (Wildman–Crippen MR) is 71.4 cm³/mol. The first-order chi connectivity index (χ1) is 9.66. The van der Waals surface area contributed by atoms with Crippen molar-refractivity contribution in [3.63, 3.8) is 0 Å². The van der Waals surface area contributed by atoms with Gasteiger partial charge in [-0.3, -0.25) is 9.20 Å². The van der Waals surface area contributed by atoms with Crippen molar-refractivity contribution < 1.29 is 9.53 Å². The van der Waals surface area contributed by atoms with E-state index in [-0.39, 0.29) is 24.2 Å². The molecule has 1 atom stereocenters. The van der Waals surface area contributed by atoms with E-state index in [0.717, 1.165) is 0 Å². The van der Waals surface area contributed by atoms with E-state index < -0.39 is 0 Å². The SMILES string of the molecule is C[C@@H]1COCCN1C(=O)Cn1nc2ccccn2c1=O. The molecule has 1 saturated heterocycles. The van der Waals surface area contributed by atoms with Crippen molar-refractivity contribution >= 4 is 11.6 Å². The maximum atomic E-state index is 12.3. The van der Waals surface area contributed by atoms with Crippen LogP contribution in [-0.4, -0.2) is 50.8 Å². The van der Waals surface area contributed by atoms with Crippen molar-refractivity contribution in [3.8, 4) is 0 Å². The van der Waals surface area contributed by atoms with Gasteiger partial charge < -0.3 is 9.64 Å². The largest absolute Gasteiger partial charge is 0.377 e. The highest BCUT2D eigenvalue weighted by Crippen LogP contribution is 2.07. The zero-order valence-electron chi connectivity index (χ0n) is 11.2. The van der Waals surface area contributed by atoms with Crippen LogP contribution in [-0.2, 0) is 16.1 Å². The Balaban J connectivity index is 1.84. The second-order valence-corrected chi connectivity index (χ2v) is 4.88. The van der Waals surface area contributed by atoms with Crippen LogP contribution in [0.1, 0.15) is 6.92 Å². The minimum Gasteiger partial charge on any atom is -0.377 e. The Labute approximate surface area is 115 Å². The van der Waals surface area contributed by atoms with Gasteiger partial charge in [0.25, 0.3) is 0 Å². The van der Waals surface area contributed by atoms with Crippen molar-refractivity contribution in [1.29, 1.82) is 0 Å². The number of aromatic nitrogens is 3. The molecule has 2 aromatic heterocycles. The number of carbonyl (C=O) groups is 1. The van der Waals surface area contributed by atoms with E-state index >= 15 is 0 Å². The van der Waals surface area contributed by atoms with E-state index in [2.05, 4.69) is 5.10 Å². The zero-order chi connectivity index (χ0) is 14.1. The average molecular weight is 276 g/mol. The van der Waals surface area contributed by atoms with Crippen LogP contribution in [0.25, 0.3) is 5.65 Å². The standard InChI is InChI=1S/C13H16N4O3/c1-10-9-20-7-6-15(10)12(18)8-17-13(19)16-5-3-2-4-11(16)14-17/h2-5,10H,6-9H2,1H3/t10-/m1/s1. The van der Waals surface area contributed by atoms with Crippen LogP contribution < -0.4 is 5.69 Å². The summed E-state index contributed by atoms with van der Waals surface area (Å²) in [5.41, 5.74) is 0.246. The van der Waals surface area contributed by atoms with E-state index in [1.165, 1.54) is 9.08 Å². The Morgan fingerprint density at radius 3 is 3.10 bits per heavy atom. The smallest absolute Gasteiger partial charge is 0.350 e. The van der Waals surface area contributed by atoms with Crippen molar-refractivity contribution in [2.75, 3.05) is 19.8 Å². The number of hydrogen-bond donors (Lipinski definition) is 0. The second-order valence-electron chi connectivity index (χ2n) is 4.88. The highest BCUT2D eigenvalue weighted by atomic mass is 16.5. The number of carbonyl (C=O) groups excluding carboxylic acids is 1. The molecule has 1 aliphatic heterocycles. The Morgan fingerprint density at radius 2 is 2.35 bits per heavy atom. The molecular formula is C13H16N4O3. The lowest BCUT2D eigenvalue weighted by Gasteiger charge is -2.33. The minimum absolute atomic E-state index is 0.0315. The quantitative estimate of drug-likeness (QED) is 0.758. The molecule has 106 valence electrons. The summed E-state index contributed by atoms with van der Waals surface area (Å²) in [7, 11) is 0. The van der Waals surface area contributed by atoms with Crippen LogP contribution in [0.4, 0.5) is 0 Å². The number of rotatable bonds is 2. The van der Waals surface area contributed by atoms with Gasteiger partial charge in [0.2, 0.25) is 5.91 Å². The summed E-state index contributed by atoms with van der Waals surface area (Å²) >= 11 is 0. The van der Waals surface area contributed by atoms with Crippen LogP contribution in [0, 0.1) is 0 Å². The highest BCUT2D eigenvalue weighted by Gasteiger charge is 2.24. The van der Waals surface area contributed by atoms with Gasteiger partial charge in [-0.25, -0.2) is 9.48 Å². The maximum absolute atomic E-state index is 12.3. The van der Waals surface area contributed by atoms with Crippen LogP contribution in [0.5, 0.6) is 0 Å². The van der Waals surface area contributed by atoms with E-state index in [4.69, 9.17) is 4.74 Å². The lowest BCUT2D eigenvalue weighted by molar-refractivity contribution is -0.140. The van der Waals surface area contributed by atoms with E-state index in [0.29, 0.717) is 25.4 Å². The molecule has 0 spiro atoms. The van der Waals surface area contributed by atoms with Gasteiger partial charge in [0.05, 0.1) is 19.3 Å². The fraction of sp³-hybridized carbons (Fsp3) is 0.462. The van der Waals surface area contributed by atoms with Gasteiger partial charge in [-0.2, -0.15) is 0 Å². The molecule has 0 unspecified atom stereocenters. The van der Waals surface area contributed by atoms with Crippen molar-refractivity contribution in [2.24, 2.45) is 0 Å². The highest BCUT2D eigenvalue weighted by molar-refractivity contribution is 5.76. The summed E-state index contributed by atoms with van der Waals surface area (Å²) < 4.78 is 7.94. The summed E-state index contributed by atoms with van der Waals surface area (Å²) in [5, 5.41) is 4.16. The van der Waals surface area contributed by atoms with Crippen LogP contribution in [0.2, 0.25) is 0 Å². The molecule has 0 saturated carbocycles. The van der Waals surface area contributed by atoms with Crippen LogP contribution in [0.15, 0.2) is 29.2 Å². The summed E-state index contributed by atoms with van der Waals surface area (Å²) in [4.78, 5) is 26.1. The lowest BCUT2D eigenvalue weighted by Crippen LogP contribution is -2.49. The molecule has 7 heteroatoms. The van der Waals surface area contributed by atoms with Gasteiger partial charge in [-0.05, 0) is 19.1 Å². The predicted octanol–water partition coefficient (Wildman–Crippen LogP) is -0.257. The average Bonchev–Trinajstić information content (AvgIpc) is 2.76. The van der Waals surface area contributed by atoms with Crippen molar-refractivity contribution in [2.45, 2.75) is 19.5 Å². The number of ether oxygens (including phenoxy) is 1. The number of fused-ring (bicyclic) bond motifs is 1. The molecule has 0 aromatic carbocycles. The first-order valence-corrected chi connectivity index (χ1v) is 6.58. The van der Waals surface area contributed by atoms with Gasteiger partial charge in [0.15, 0.2) is 5.65 Å². The van der Waals surface area contributed by atoms with Crippen molar-refractivity contribution in [1.82, 2.24) is 19.1 Å². The first kappa shape index (κ1) is 12.9. The Kier molecular flexibility index (Phi) is 3.27. The summed E-state index contributed by atoms with van der Waals surface area (Å²) in [5.74, 6) is -0.105. The molecule has 3 heterocycles. The Bertz CT molecular complexity index is 690. The molecule has 20 heavy (non-hydrogen) atoms. The molecule has 0 aliphatic carbocycles. The topological polar surface area (TPSA) is 68.8 Å². The number of morpholine rings is 1. The van der Waals surface area contributed by atoms with Gasteiger partial charge >= 0.3 is 5.69 Å². The van der Waals surface area contributed by atoms with Gasteiger partial charge in [0.1, 0.15) is 6.54 Å². The summed E-state index contributed by atoms with van der Waals surface area (Å²) in [6, 6.07) is 5.33. The molecule has 1 fully saturated rings. The third kappa shape index (κ3) is 2.20. The number of nitrogens with zero attached hydrogens (tertiary/aromatic N) is 4. The molecule has 7 nitrogen and oxygen atoms in total. The fourth-order valence-corrected chi connectivity index (χ4v) is 2.39. The molecule has 0 radical (unpaired) electrons. The first-order valence-electron chi connectivity index (χ1n) is 6.58. The molecule has 0 bridgehead atoms. The van der Waals surface area contributed by atoms with Crippen LogP contribution >= 0.6 is 0 Å². The number of pyridine rings is 1. The zero-order valence-corrected chi connectivity index (χ0v) is 11.2. The summed E-state index contributed by atoms with van der Waals surface area (Å²) in [6.45, 7) is 3.53. The van der Waals surface area contributed by atoms with Gasteiger partial charge in [-0.1, -0.05) is 6.07 Å². The minimum atomic E-state index is -0.296. The van der Waals surface area contributed by atoms with E-state index in [1.807, 2.05) is 6.92 Å². The Hall–Kier alpha value is -2.15. The number of hydrogen-bond acceptors (Lipinski definition) is 4. The molecule has 3 rings (SSSR count). The number of amides is 1. The van der Waals surface area contributed by atoms with Crippen LogP contribution in [0.3, 0.4) is 0 Å². The lowest BCUT2D eigenvalue weighted by atomic mass is 10.2. The third-order valence-electron chi connectivity index (χ3n) is 3.46. The fourth-order valence-electron chi connectivity index (χ4n) is 2.39. The monoisotopic (exact) mass is 276 g/mol. The molecule has 1 aliphatic rings. The van der Waals surface area contributed by atoms with Gasteiger partial charge in [0, 0.05) is 12.7 Å². The molecular weight excluding hydrogens is 260 g/mol. The maximum Gasteiger partial charge on any atom is 0.350 e. The molecule has 2 aromatic rings. The molecule has 0 N–H and O–H groups in total. The normalized spacial score (nSPS) is 19.4.